The highest BCUT2D eigenvalue weighted by Crippen LogP contribution is 2.22. The number of nitrogens with zero attached hydrogens (tertiary/aromatic N) is 1. The lowest BCUT2D eigenvalue weighted by molar-refractivity contribution is -0.117. The van der Waals surface area contributed by atoms with Gasteiger partial charge in [-0.05, 0) is 43.7 Å². The van der Waals surface area contributed by atoms with Gasteiger partial charge in [0.05, 0.1) is 0 Å². The number of carbonyl (C=O) groups is 2. The smallest absolute Gasteiger partial charge is 0.248 e. The first-order valence-corrected chi connectivity index (χ1v) is 6.05. The van der Waals surface area contributed by atoms with E-state index in [1.54, 1.807) is 17.9 Å². The van der Waals surface area contributed by atoms with E-state index in [0.717, 1.165) is 24.3 Å². The Bertz CT molecular complexity index is 477. The predicted molar refractivity (Wildman–Crippen MR) is 71.5 cm³/mol. The van der Waals surface area contributed by atoms with E-state index < -0.39 is 0 Å². The highest BCUT2D eigenvalue weighted by atomic mass is 16.2. The second-order valence-corrected chi connectivity index (χ2v) is 4.19. The van der Waals surface area contributed by atoms with Crippen LogP contribution in [0, 0.1) is 0 Å². The van der Waals surface area contributed by atoms with Crippen LogP contribution >= 0.6 is 0 Å². The van der Waals surface area contributed by atoms with Crippen molar-refractivity contribution in [2.45, 2.75) is 19.8 Å². The Morgan fingerprint density at radius 1 is 1.33 bits per heavy atom. The van der Waals surface area contributed by atoms with Crippen molar-refractivity contribution < 1.29 is 9.59 Å². The van der Waals surface area contributed by atoms with Gasteiger partial charge < -0.3 is 10.2 Å². The van der Waals surface area contributed by atoms with Crippen molar-refractivity contribution in [1.29, 1.82) is 0 Å². The highest BCUT2D eigenvalue weighted by Gasteiger charge is 2.21. The molecular formula is C14H16N2O2. The first-order valence-electron chi connectivity index (χ1n) is 6.05. The molecule has 1 heterocycles. The first-order chi connectivity index (χ1) is 8.70. The molecule has 2 amide bonds. The molecule has 0 bridgehead atoms. The van der Waals surface area contributed by atoms with Gasteiger partial charge >= 0.3 is 0 Å². The highest BCUT2D eigenvalue weighted by molar-refractivity contribution is 5.99. The summed E-state index contributed by atoms with van der Waals surface area (Å²) in [6, 6.07) is 7.33. The molecule has 2 rings (SSSR count). The first kappa shape index (κ1) is 12.4. The van der Waals surface area contributed by atoms with Crippen LogP contribution in [0.2, 0.25) is 0 Å². The van der Waals surface area contributed by atoms with Crippen molar-refractivity contribution in [3.63, 3.8) is 0 Å². The van der Waals surface area contributed by atoms with Gasteiger partial charge in [0, 0.05) is 24.3 Å². The van der Waals surface area contributed by atoms with Crippen LogP contribution in [0.3, 0.4) is 0 Å². The van der Waals surface area contributed by atoms with E-state index in [9.17, 15) is 9.59 Å². The number of hydrogen-bond donors (Lipinski definition) is 1. The molecule has 1 N–H and O–H groups in total. The number of rotatable bonds is 3. The van der Waals surface area contributed by atoms with Gasteiger partial charge in [-0.3, -0.25) is 9.59 Å². The summed E-state index contributed by atoms with van der Waals surface area (Å²) in [5.74, 6) is 0.0169. The average Bonchev–Trinajstić information content (AvgIpc) is 2.77. The summed E-state index contributed by atoms with van der Waals surface area (Å²) in [6.45, 7) is 2.57. The van der Waals surface area contributed by atoms with Crippen molar-refractivity contribution in [3.8, 4) is 0 Å². The molecule has 94 valence electrons. The third-order valence-electron chi connectivity index (χ3n) is 2.84. The molecule has 4 nitrogen and oxygen atoms in total. The minimum atomic E-state index is -0.150. The summed E-state index contributed by atoms with van der Waals surface area (Å²) in [5, 5.41) is 2.74. The number of anilines is 2. The minimum absolute atomic E-state index is 0.150. The Morgan fingerprint density at radius 3 is 2.61 bits per heavy atom. The van der Waals surface area contributed by atoms with Gasteiger partial charge in [-0.2, -0.15) is 0 Å². The third kappa shape index (κ3) is 2.77. The topological polar surface area (TPSA) is 49.4 Å². The SMILES string of the molecule is C/C=C\C(=O)Nc1ccc(N2CCCC2=O)cc1. The molecule has 0 radical (unpaired) electrons. The summed E-state index contributed by atoms with van der Waals surface area (Å²) in [5.41, 5.74) is 1.62. The zero-order valence-corrected chi connectivity index (χ0v) is 10.3. The number of allylic oxidation sites excluding steroid dienone is 1. The molecule has 18 heavy (non-hydrogen) atoms. The molecule has 1 saturated heterocycles. The zero-order valence-electron chi connectivity index (χ0n) is 10.3. The maximum atomic E-state index is 11.6. The van der Waals surface area contributed by atoms with Crippen LogP contribution in [0.1, 0.15) is 19.8 Å². The van der Waals surface area contributed by atoms with Crippen LogP contribution in [0.25, 0.3) is 0 Å². The van der Waals surface area contributed by atoms with E-state index in [0.29, 0.717) is 6.42 Å². The molecule has 1 aliphatic rings. The molecule has 1 aromatic carbocycles. The molecule has 4 heteroatoms. The van der Waals surface area contributed by atoms with Crippen molar-refractivity contribution >= 4 is 23.2 Å². The van der Waals surface area contributed by atoms with Gasteiger partial charge in [-0.15, -0.1) is 0 Å². The summed E-state index contributed by atoms with van der Waals surface area (Å²) in [4.78, 5) is 24.7. The third-order valence-corrected chi connectivity index (χ3v) is 2.84. The molecule has 1 aliphatic heterocycles. The van der Waals surface area contributed by atoms with Gasteiger partial charge in [-0.25, -0.2) is 0 Å². The van der Waals surface area contributed by atoms with E-state index in [4.69, 9.17) is 0 Å². The fourth-order valence-corrected chi connectivity index (χ4v) is 1.98. The molecule has 0 aliphatic carbocycles. The lowest BCUT2D eigenvalue weighted by Crippen LogP contribution is -2.23. The van der Waals surface area contributed by atoms with Gasteiger partial charge in [0.25, 0.3) is 0 Å². The Morgan fingerprint density at radius 2 is 2.06 bits per heavy atom. The molecule has 1 fully saturated rings. The lowest BCUT2D eigenvalue weighted by Gasteiger charge is -2.15. The number of amides is 2. The maximum Gasteiger partial charge on any atom is 0.248 e. The molecule has 0 unspecified atom stereocenters. The molecule has 0 spiro atoms. The quantitative estimate of drug-likeness (QED) is 0.829. The Kier molecular flexibility index (Phi) is 3.77. The fraction of sp³-hybridized carbons (Fsp3) is 0.286. The van der Waals surface area contributed by atoms with Crippen LogP contribution in [0.15, 0.2) is 36.4 Å². The van der Waals surface area contributed by atoms with Crippen LogP contribution in [-0.2, 0) is 9.59 Å². The van der Waals surface area contributed by atoms with E-state index >= 15 is 0 Å². The Labute approximate surface area is 106 Å². The number of carbonyl (C=O) groups excluding carboxylic acids is 2. The van der Waals surface area contributed by atoms with Gasteiger partial charge in [0.15, 0.2) is 0 Å². The van der Waals surface area contributed by atoms with Crippen LogP contribution in [0.5, 0.6) is 0 Å². The van der Waals surface area contributed by atoms with E-state index in [1.165, 1.54) is 6.08 Å². The molecule has 0 atom stereocenters. The van der Waals surface area contributed by atoms with Crippen molar-refractivity contribution in [1.82, 2.24) is 0 Å². The van der Waals surface area contributed by atoms with E-state index in [1.807, 2.05) is 24.3 Å². The summed E-state index contributed by atoms with van der Waals surface area (Å²) in [7, 11) is 0. The second kappa shape index (κ2) is 5.49. The molecule has 0 saturated carbocycles. The molecule has 0 aromatic heterocycles. The number of benzene rings is 1. The summed E-state index contributed by atoms with van der Waals surface area (Å²) in [6.07, 6.45) is 4.70. The average molecular weight is 244 g/mol. The number of nitrogens with one attached hydrogen (secondary N) is 1. The summed E-state index contributed by atoms with van der Waals surface area (Å²) < 4.78 is 0. The standard InChI is InChI=1S/C14H16N2O2/c1-2-4-13(17)15-11-6-8-12(9-7-11)16-10-3-5-14(16)18/h2,4,6-9H,3,5,10H2,1H3,(H,15,17)/b4-2-. The fourth-order valence-electron chi connectivity index (χ4n) is 1.98. The van der Waals surface area contributed by atoms with E-state index in [-0.39, 0.29) is 11.8 Å². The monoisotopic (exact) mass is 244 g/mol. The van der Waals surface area contributed by atoms with Gasteiger partial charge in [0.2, 0.25) is 11.8 Å². The number of hydrogen-bond acceptors (Lipinski definition) is 2. The van der Waals surface area contributed by atoms with Crippen molar-refractivity contribution in [2.24, 2.45) is 0 Å². The Hall–Kier alpha value is -2.10. The maximum absolute atomic E-state index is 11.6. The predicted octanol–water partition coefficient (Wildman–Crippen LogP) is 2.33. The van der Waals surface area contributed by atoms with E-state index in [2.05, 4.69) is 5.32 Å². The van der Waals surface area contributed by atoms with Gasteiger partial charge in [0.1, 0.15) is 0 Å². The zero-order chi connectivity index (χ0) is 13.0. The summed E-state index contributed by atoms with van der Waals surface area (Å²) >= 11 is 0. The second-order valence-electron chi connectivity index (χ2n) is 4.19. The molecule has 1 aromatic rings. The Balaban J connectivity index is 2.05. The van der Waals surface area contributed by atoms with Crippen LogP contribution < -0.4 is 10.2 Å². The van der Waals surface area contributed by atoms with Crippen LogP contribution in [0.4, 0.5) is 11.4 Å². The minimum Gasteiger partial charge on any atom is -0.323 e. The molecular weight excluding hydrogens is 228 g/mol. The largest absolute Gasteiger partial charge is 0.323 e. The normalized spacial score (nSPS) is 15.4. The van der Waals surface area contributed by atoms with Crippen molar-refractivity contribution in [3.05, 3.63) is 36.4 Å². The lowest BCUT2D eigenvalue weighted by atomic mass is 10.2. The van der Waals surface area contributed by atoms with Gasteiger partial charge in [-0.1, -0.05) is 6.08 Å². The van der Waals surface area contributed by atoms with Crippen molar-refractivity contribution in [2.75, 3.05) is 16.8 Å². The van der Waals surface area contributed by atoms with Crippen LogP contribution in [-0.4, -0.2) is 18.4 Å².